The van der Waals surface area contributed by atoms with Crippen LogP contribution in [0.1, 0.15) is 21.4 Å². The van der Waals surface area contributed by atoms with E-state index in [1.54, 1.807) is 22.7 Å². The van der Waals surface area contributed by atoms with Gasteiger partial charge >= 0.3 is 0 Å². The van der Waals surface area contributed by atoms with Gasteiger partial charge in [0.1, 0.15) is 0 Å². The first-order valence-electron chi connectivity index (χ1n) is 4.47. The first-order chi connectivity index (χ1) is 7.24. The van der Waals surface area contributed by atoms with Gasteiger partial charge < -0.3 is 0 Å². The zero-order valence-electron chi connectivity index (χ0n) is 8.16. The Labute approximate surface area is 105 Å². The summed E-state index contributed by atoms with van der Waals surface area (Å²) in [5.41, 5.74) is 4.13. The minimum Gasteiger partial charge on any atom is -0.271 e. The molecule has 0 aliphatic rings. The molecule has 15 heavy (non-hydrogen) atoms. The number of rotatable bonds is 3. The minimum absolute atomic E-state index is 0.0885. The van der Waals surface area contributed by atoms with Crippen LogP contribution in [-0.4, -0.2) is 0 Å². The second kappa shape index (κ2) is 4.76. The van der Waals surface area contributed by atoms with Crippen LogP contribution in [0.2, 0.25) is 0 Å². The summed E-state index contributed by atoms with van der Waals surface area (Å²) in [4.78, 5) is 2.53. The third-order valence-corrected chi connectivity index (χ3v) is 5.08. The van der Waals surface area contributed by atoms with Crippen molar-refractivity contribution in [3.8, 4) is 0 Å². The number of hydrazine groups is 1. The highest BCUT2D eigenvalue weighted by molar-refractivity contribution is 9.10. The highest BCUT2D eigenvalue weighted by Gasteiger charge is 2.18. The molecule has 2 aromatic heterocycles. The van der Waals surface area contributed by atoms with E-state index in [-0.39, 0.29) is 6.04 Å². The molecular weight excluding hydrogens is 292 g/mol. The number of hydrogen-bond acceptors (Lipinski definition) is 4. The molecule has 0 aliphatic carbocycles. The molecule has 0 aliphatic heterocycles. The smallest absolute Gasteiger partial charge is 0.0824 e. The maximum absolute atomic E-state index is 5.63. The van der Waals surface area contributed by atoms with Crippen LogP contribution in [0, 0.1) is 6.92 Å². The normalized spacial score (nSPS) is 13.0. The maximum Gasteiger partial charge on any atom is 0.0824 e. The van der Waals surface area contributed by atoms with Crippen LogP contribution in [0.25, 0.3) is 0 Å². The van der Waals surface area contributed by atoms with Gasteiger partial charge in [0, 0.05) is 14.2 Å². The van der Waals surface area contributed by atoms with Gasteiger partial charge in [0.2, 0.25) is 0 Å². The van der Waals surface area contributed by atoms with Crippen molar-refractivity contribution in [3.63, 3.8) is 0 Å². The lowest BCUT2D eigenvalue weighted by atomic mass is 10.1. The second-order valence-corrected chi connectivity index (χ2v) is 6.09. The van der Waals surface area contributed by atoms with Crippen molar-refractivity contribution in [1.82, 2.24) is 5.43 Å². The van der Waals surface area contributed by atoms with Crippen LogP contribution in [0.4, 0.5) is 0 Å². The lowest BCUT2D eigenvalue weighted by Gasteiger charge is -2.15. The molecule has 0 aromatic carbocycles. The lowest BCUT2D eigenvalue weighted by Crippen LogP contribution is -2.28. The Morgan fingerprint density at radius 1 is 1.33 bits per heavy atom. The molecule has 0 bridgehead atoms. The van der Waals surface area contributed by atoms with Crippen molar-refractivity contribution in [2.45, 2.75) is 13.0 Å². The van der Waals surface area contributed by atoms with Gasteiger partial charge in [-0.25, -0.2) is 5.43 Å². The molecule has 5 heteroatoms. The van der Waals surface area contributed by atoms with Gasteiger partial charge in [-0.2, -0.15) is 0 Å². The molecule has 0 spiro atoms. The summed E-state index contributed by atoms with van der Waals surface area (Å²) in [6.45, 7) is 2.12. The van der Waals surface area contributed by atoms with Gasteiger partial charge in [-0.1, -0.05) is 0 Å². The van der Waals surface area contributed by atoms with E-state index in [2.05, 4.69) is 45.1 Å². The fourth-order valence-electron chi connectivity index (χ4n) is 1.51. The summed E-state index contributed by atoms with van der Waals surface area (Å²) in [6, 6.07) is 4.26. The van der Waals surface area contributed by atoms with Gasteiger partial charge in [-0.3, -0.25) is 5.84 Å². The van der Waals surface area contributed by atoms with Crippen LogP contribution in [0.15, 0.2) is 27.4 Å². The Kier molecular flexibility index (Phi) is 3.58. The molecule has 3 N–H and O–H groups in total. The largest absolute Gasteiger partial charge is 0.271 e. The molecule has 0 saturated heterocycles. The molecule has 0 amide bonds. The molecule has 0 radical (unpaired) electrons. The SMILES string of the molecule is Cc1sccc1C(NN)c1sccc1Br. The van der Waals surface area contributed by atoms with Gasteiger partial charge in [-0.05, 0) is 51.3 Å². The van der Waals surface area contributed by atoms with E-state index >= 15 is 0 Å². The van der Waals surface area contributed by atoms with Crippen molar-refractivity contribution >= 4 is 38.6 Å². The highest BCUT2D eigenvalue weighted by atomic mass is 79.9. The van der Waals surface area contributed by atoms with E-state index in [9.17, 15) is 0 Å². The molecule has 2 heterocycles. The average Bonchev–Trinajstić information content (AvgIpc) is 2.80. The molecule has 1 unspecified atom stereocenters. The van der Waals surface area contributed by atoms with Crippen LogP contribution in [-0.2, 0) is 0 Å². The lowest BCUT2D eigenvalue weighted by molar-refractivity contribution is 0.644. The predicted molar refractivity (Wildman–Crippen MR) is 70.2 cm³/mol. The average molecular weight is 303 g/mol. The molecule has 1 atom stereocenters. The summed E-state index contributed by atoms with van der Waals surface area (Å²) < 4.78 is 1.11. The van der Waals surface area contributed by atoms with Crippen molar-refractivity contribution in [3.05, 3.63) is 42.7 Å². The molecule has 2 rings (SSSR count). The monoisotopic (exact) mass is 302 g/mol. The van der Waals surface area contributed by atoms with Crippen molar-refractivity contribution in [2.24, 2.45) is 5.84 Å². The van der Waals surface area contributed by atoms with E-state index in [0.717, 1.165) is 4.47 Å². The van der Waals surface area contributed by atoms with Crippen LogP contribution >= 0.6 is 38.6 Å². The topological polar surface area (TPSA) is 38.0 Å². The summed E-state index contributed by atoms with van der Waals surface area (Å²) in [5, 5.41) is 4.15. The maximum atomic E-state index is 5.63. The van der Waals surface area contributed by atoms with Gasteiger partial charge in [0.05, 0.1) is 6.04 Å². The molecular formula is C10H11BrN2S2. The van der Waals surface area contributed by atoms with E-state index in [1.165, 1.54) is 15.3 Å². The Morgan fingerprint density at radius 3 is 2.53 bits per heavy atom. The zero-order chi connectivity index (χ0) is 10.8. The van der Waals surface area contributed by atoms with Crippen molar-refractivity contribution in [1.29, 1.82) is 0 Å². The summed E-state index contributed by atoms with van der Waals surface area (Å²) in [7, 11) is 0. The second-order valence-electron chi connectivity index (χ2n) is 3.16. The molecule has 2 aromatic rings. The fraction of sp³-hybridized carbons (Fsp3) is 0.200. The fourth-order valence-corrected chi connectivity index (χ4v) is 3.93. The van der Waals surface area contributed by atoms with Gasteiger partial charge in [0.25, 0.3) is 0 Å². The van der Waals surface area contributed by atoms with Gasteiger partial charge in [0.15, 0.2) is 0 Å². The van der Waals surface area contributed by atoms with Crippen molar-refractivity contribution < 1.29 is 0 Å². The predicted octanol–water partition coefficient (Wildman–Crippen LogP) is 3.43. The van der Waals surface area contributed by atoms with Crippen LogP contribution < -0.4 is 11.3 Å². The van der Waals surface area contributed by atoms with E-state index in [1.807, 2.05) is 6.07 Å². The zero-order valence-corrected chi connectivity index (χ0v) is 11.4. The Balaban J connectivity index is 2.41. The number of hydrogen-bond donors (Lipinski definition) is 2. The van der Waals surface area contributed by atoms with Crippen LogP contribution in [0.5, 0.6) is 0 Å². The standard InChI is InChI=1S/C10H11BrN2S2/c1-6-7(2-4-14-6)9(13-12)10-8(11)3-5-15-10/h2-5,9,13H,12H2,1H3. The van der Waals surface area contributed by atoms with Crippen LogP contribution in [0.3, 0.4) is 0 Å². The Bertz CT molecular complexity index is 409. The third kappa shape index (κ3) is 2.16. The molecule has 80 valence electrons. The third-order valence-electron chi connectivity index (χ3n) is 2.28. The molecule has 0 fully saturated rings. The minimum atomic E-state index is 0.0885. The molecule has 0 saturated carbocycles. The molecule has 2 nitrogen and oxygen atoms in total. The van der Waals surface area contributed by atoms with Crippen molar-refractivity contribution in [2.75, 3.05) is 0 Å². The number of halogens is 1. The summed E-state index contributed by atoms with van der Waals surface area (Å²) >= 11 is 6.99. The number of nitrogens with two attached hydrogens (primary N) is 1. The number of thiophene rings is 2. The van der Waals surface area contributed by atoms with E-state index < -0.39 is 0 Å². The number of aryl methyl sites for hydroxylation is 1. The summed E-state index contributed by atoms with van der Waals surface area (Å²) in [6.07, 6.45) is 0. The first-order valence-corrected chi connectivity index (χ1v) is 7.02. The number of nitrogens with one attached hydrogen (secondary N) is 1. The van der Waals surface area contributed by atoms with E-state index in [0.29, 0.717) is 0 Å². The van der Waals surface area contributed by atoms with Gasteiger partial charge in [-0.15, -0.1) is 22.7 Å². The quantitative estimate of drug-likeness (QED) is 0.673. The Morgan fingerprint density at radius 2 is 2.07 bits per heavy atom. The van der Waals surface area contributed by atoms with E-state index in [4.69, 9.17) is 5.84 Å². The Hall–Kier alpha value is -0.200. The summed E-state index contributed by atoms with van der Waals surface area (Å²) in [5.74, 6) is 5.63. The highest BCUT2D eigenvalue weighted by Crippen LogP contribution is 2.35. The first kappa shape index (κ1) is 11.3.